The number of amides is 2. The van der Waals surface area contributed by atoms with Gasteiger partial charge in [-0.25, -0.2) is 8.42 Å². The van der Waals surface area contributed by atoms with E-state index in [1.54, 1.807) is 36.4 Å². The first-order valence-corrected chi connectivity index (χ1v) is 14.6. The van der Waals surface area contributed by atoms with Crippen LogP contribution in [0.3, 0.4) is 0 Å². The van der Waals surface area contributed by atoms with Gasteiger partial charge in [0, 0.05) is 40.4 Å². The molecule has 0 aliphatic carbocycles. The molecule has 0 radical (unpaired) electrons. The Morgan fingerprint density at radius 2 is 1.50 bits per heavy atom. The van der Waals surface area contributed by atoms with Crippen LogP contribution < -0.4 is 5.32 Å². The number of nitrogens with zero attached hydrogens (tertiary/aromatic N) is 2. The first kappa shape index (κ1) is 28.4. The number of carbonyl (C=O) groups excluding carboxylic acids is 2. The maximum atomic E-state index is 13.5. The van der Waals surface area contributed by atoms with E-state index in [-0.39, 0.29) is 22.4 Å². The number of hydrogen-bond donors (Lipinski definition) is 1. The molecule has 2 amide bonds. The summed E-state index contributed by atoms with van der Waals surface area (Å²) in [5, 5.41) is 3.82. The van der Waals surface area contributed by atoms with Crippen LogP contribution in [0.25, 0.3) is 0 Å². The highest BCUT2D eigenvalue weighted by Crippen LogP contribution is 2.26. The molecule has 38 heavy (non-hydrogen) atoms. The van der Waals surface area contributed by atoms with Crippen LogP contribution in [0, 0.1) is 0 Å². The monoisotopic (exact) mass is 593 g/mol. The number of sulfonamides is 1. The highest BCUT2D eigenvalue weighted by molar-refractivity contribution is 7.89. The summed E-state index contributed by atoms with van der Waals surface area (Å²) < 4.78 is 28.0. The van der Waals surface area contributed by atoms with Crippen LogP contribution in [0.4, 0.5) is 5.69 Å². The smallest absolute Gasteiger partial charge is 0.243 e. The molecule has 200 valence electrons. The van der Waals surface area contributed by atoms with Gasteiger partial charge in [-0.1, -0.05) is 53.0 Å². The summed E-state index contributed by atoms with van der Waals surface area (Å²) in [6.45, 7) is 0.984. The zero-order valence-electron chi connectivity index (χ0n) is 20.4. The van der Waals surface area contributed by atoms with E-state index in [0.717, 1.165) is 35.8 Å². The molecule has 0 unspecified atom stereocenters. The van der Waals surface area contributed by atoms with Crippen molar-refractivity contribution in [3.63, 3.8) is 0 Å². The summed E-state index contributed by atoms with van der Waals surface area (Å²) >= 11 is 18.2. The van der Waals surface area contributed by atoms with Gasteiger partial charge in [-0.15, -0.1) is 0 Å². The number of carbonyl (C=O) groups is 2. The van der Waals surface area contributed by atoms with Crippen LogP contribution in [0.15, 0.2) is 71.6 Å². The zero-order valence-corrected chi connectivity index (χ0v) is 23.5. The van der Waals surface area contributed by atoms with E-state index >= 15 is 0 Å². The fourth-order valence-electron chi connectivity index (χ4n) is 4.14. The third-order valence-corrected chi connectivity index (χ3v) is 8.83. The van der Waals surface area contributed by atoms with E-state index in [4.69, 9.17) is 34.8 Å². The fraction of sp³-hybridized carbons (Fsp3) is 0.259. The number of anilines is 1. The maximum Gasteiger partial charge on any atom is 0.243 e. The summed E-state index contributed by atoms with van der Waals surface area (Å²) in [4.78, 5) is 27.2. The summed E-state index contributed by atoms with van der Waals surface area (Å²) in [5.74, 6) is -0.447. The van der Waals surface area contributed by atoms with Gasteiger partial charge < -0.3 is 10.2 Å². The molecular formula is C27H26Cl3N3O4S. The van der Waals surface area contributed by atoms with Gasteiger partial charge >= 0.3 is 0 Å². The van der Waals surface area contributed by atoms with Crippen molar-refractivity contribution in [1.82, 2.24) is 9.21 Å². The minimum atomic E-state index is -4.08. The van der Waals surface area contributed by atoms with E-state index < -0.39 is 22.5 Å². The van der Waals surface area contributed by atoms with Crippen LogP contribution in [-0.4, -0.2) is 49.1 Å². The lowest BCUT2D eigenvalue weighted by Gasteiger charge is -2.22. The topological polar surface area (TPSA) is 86.8 Å². The second-order valence-electron chi connectivity index (χ2n) is 8.97. The molecule has 3 aromatic carbocycles. The average molecular weight is 595 g/mol. The normalized spacial score (nSPS) is 13.6. The van der Waals surface area contributed by atoms with Crippen molar-refractivity contribution < 1.29 is 18.0 Å². The van der Waals surface area contributed by atoms with Crippen molar-refractivity contribution in [2.24, 2.45) is 0 Å². The predicted octanol–water partition coefficient (Wildman–Crippen LogP) is 5.64. The lowest BCUT2D eigenvalue weighted by molar-refractivity contribution is -0.129. The molecule has 0 bridgehead atoms. The molecule has 7 nitrogen and oxygen atoms in total. The number of halogens is 3. The zero-order chi connectivity index (χ0) is 27.3. The summed E-state index contributed by atoms with van der Waals surface area (Å²) in [6.07, 6.45) is 2.36. The van der Waals surface area contributed by atoms with Gasteiger partial charge in [-0.3, -0.25) is 9.59 Å². The highest BCUT2D eigenvalue weighted by Gasteiger charge is 2.28. The number of hydrogen-bond acceptors (Lipinski definition) is 4. The minimum Gasteiger partial charge on any atom is -0.342 e. The van der Waals surface area contributed by atoms with Gasteiger partial charge in [0.2, 0.25) is 21.8 Å². The van der Waals surface area contributed by atoms with Crippen molar-refractivity contribution in [1.29, 1.82) is 0 Å². The molecular weight excluding hydrogens is 569 g/mol. The molecule has 1 aliphatic rings. The van der Waals surface area contributed by atoms with Crippen LogP contribution >= 0.6 is 34.8 Å². The first-order valence-electron chi connectivity index (χ1n) is 12.0. The van der Waals surface area contributed by atoms with E-state index in [0.29, 0.717) is 27.7 Å². The molecule has 0 atom stereocenters. The van der Waals surface area contributed by atoms with E-state index in [1.807, 2.05) is 4.90 Å². The maximum absolute atomic E-state index is 13.5. The second-order valence-corrected chi connectivity index (χ2v) is 12.2. The van der Waals surface area contributed by atoms with Crippen LogP contribution in [0.2, 0.25) is 15.1 Å². The predicted molar refractivity (Wildman–Crippen MR) is 150 cm³/mol. The Bertz CT molecular complexity index is 1410. The molecule has 1 fully saturated rings. The SMILES string of the molecule is O=C(CN(Cc1ccc(Cl)cc1Cl)S(=O)(=O)c1ccc(Cl)cc1)Nc1ccc(CC(=O)N2CCCC2)cc1. The van der Waals surface area contributed by atoms with Crippen molar-refractivity contribution >= 4 is 62.3 Å². The molecule has 1 aliphatic heterocycles. The molecule has 0 saturated carbocycles. The molecule has 11 heteroatoms. The Hall–Kier alpha value is -2.62. The van der Waals surface area contributed by atoms with Crippen molar-refractivity contribution in [3.05, 3.63) is 92.9 Å². The molecule has 1 N–H and O–H groups in total. The largest absolute Gasteiger partial charge is 0.342 e. The van der Waals surface area contributed by atoms with Crippen LogP contribution in [-0.2, 0) is 32.6 Å². The number of likely N-dealkylation sites (tertiary alicyclic amines) is 1. The van der Waals surface area contributed by atoms with Gasteiger partial charge in [0.05, 0.1) is 17.9 Å². The Morgan fingerprint density at radius 1 is 0.868 bits per heavy atom. The fourth-order valence-corrected chi connectivity index (χ4v) is 6.11. The molecule has 0 spiro atoms. The van der Waals surface area contributed by atoms with Crippen molar-refractivity contribution in [3.8, 4) is 0 Å². The lowest BCUT2D eigenvalue weighted by Crippen LogP contribution is -2.37. The van der Waals surface area contributed by atoms with Gasteiger partial charge in [-0.05, 0) is 72.5 Å². The standard InChI is InChI=1S/C27H26Cl3N3O4S/c28-21-7-11-24(12-8-21)38(36,37)33(17-20-5-6-22(29)16-25(20)30)18-26(34)31-23-9-3-19(4-10-23)15-27(35)32-13-1-2-14-32/h3-12,16H,1-2,13-15,17-18H2,(H,31,34). The van der Waals surface area contributed by atoms with Crippen molar-refractivity contribution in [2.45, 2.75) is 30.7 Å². The molecule has 3 aromatic rings. The highest BCUT2D eigenvalue weighted by atomic mass is 35.5. The molecule has 1 saturated heterocycles. The minimum absolute atomic E-state index is 0.00758. The van der Waals surface area contributed by atoms with Crippen LogP contribution in [0.1, 0.15) is 24.0 Å². The van der Waals surface area contributed by atoms with Gasteiger partial charge in [0.1, 0.15) is 0 Å². The lowest BCUT2D eigenvalue weighted by atomic mass is 10.1. The van der Waals surface area contributed by atoms with Gasteiger partial charge in [0.15, 0.2) is 0 Å². The number of nitrogens with one attached hydrogen (secondary N) is 1. The third-order valence-electron chi connectivity index (χ3n) is 6.18. The summed E-state index contributed by atoms with van der Waals surface area (Å²) in [7, 11) is -4.08. The van der Waals surface area contributed by atoms with E-state index in [1.165, 1.54) is 30.3 Å². The third kappa shape index (κ3) is 7.27. The Labute approximate surface area is 237 Å². The van der Waals surface area contributed by atoms with Crippen molar-refractivity contribution in [2.75, 3.05) is 25.0 Å². The van der Waals surface area contributed by atoms with Gasteiger partial charge in [0.25, 0.3) is 0 Å². The first-order chi connectivity index (χ1) is 18.1. The molecule has 0 aromatic heterocycles. The summed E-state index contributed by atoms with van der Waals surface area (Å²) in [5.41, 5.74) is 1.82. The van der Waals surface area contributed by atoms with E-state index in [9.17, 15) is 18.0 Å². The quantitative estimate of drug-likeness (QED) is 0.347. The number of rotatable bonds is 9. The summed E-state index contributed by atoms with van der Waals surface area (Å²) in [6, 6.07) is 17.4. The Morgan fingerprint density at radius 3 is 2.13 bits per heavy atom. The van der Waals surface area contributed by atoms with Crippen LogP contribution in [0.5, 0.6) is 0 Å². The van der Waals surface area contributed by atoms with E-state index in [2.05, 4.69) is 5.32 Å². The molecule has 4 rings (SSSR count). The second kappa shape index (κ2) is 12.5. The Balaban J connectivity index is 1.48. The molecule has 1 heterocycles. The average Bonchev–Trinajstić information content (AvgIpc) is 3.42. The number of benzene rings is 3. The van der Waals surface area contributed by atoms with Gasteiger partial charge in [-0.2, -0.15) is 4.31 Å². The Kier molecular flexibility index (Phi) is 9.33.